The molecule has 1 heterocycles. The second-order valence-electron chi connectivity index (χ2n) is 7.04. The van der Waals surface area contributed by atoms with Gasteiger partial charge in [-0.1, -0.05) is 6.07 Å². The number of aryl methyl sites for hydroxylation is 1. The minimum absolute atomic E-state index is 0.189. The molecule has 32 heavy (non-hydrogen) atoms. The molecule has 3 aromatic rings. The standard InChI is InChI=1S/C23H24N4O5/c1-16-11-12-24-27(16)19-9-7-17(8-10-19)23(30)32-15-22(29)26(2)14-21(28)25-18-5-4-6-20(13-18)31-3/h4-13H,14-15H2,1-3H3,(H,25,28). The Kier molecular flexibility index (Phi) is 7.22. The van der Waals surface area contributed by atoms with Crippen LogP contribution >= 0.6 is 0 Å². The zero-order chi connectivity index (χ0) is 23.1. The minimum Gasteiger partial charge on any atom is -0.497 e. The quantitative estimate of drug-likeness (QED) is 0.544. The summed E-state index contributed by atoms with van der Waals surface area (Å²) in [6, 6.07) is 15.5. The lowest BCUT2D eigenvalue weighted by molar-refractivity contribution is -0.136. The molecule has 1 aromatic heterocycles. The van der Waals surface area contributed by atoms with Crippen molar-refractivity contribution >= 4 is 23.5 Å². The molecule has 0 aliphatic carbocycles. The van der Waals surface area contributed by atoms with Crippen molar-refractivity contribution < 1.29 is 23.9 Å². The predicted octanol–water partition coefficient (Wildman–Crippen LogP) is 2.44. The average Bonchev–Trinajstić information content (AvgIpc) is 3.23. The summed E-state index contributed by atoms with van der Waals surface area (Å²) >= 11 is 0. The molecular weight excluding hydrogens is 412 g/mol. The van der Waals surface area contributed by atoms with Gasteiger partial charge in [0.25, 0.3) is 5.91 Å². The summed E-state index contributed by atoms with van der Waals surface area (Å²) in [5.41, 5.74) is 2.63. The van der Waals surface area contributed by atoms with Crippen molar-refractivity contribution in [1.29, 1.82) is 0 Å². The van der Waals surface area contributed by atoms with Crippen LogP contribution in [0.5, 0.6) is 5.75 Å². The third-order valence-corrected chi connectivity index (χ3v) is 4.67. The van der Waals surface area contributed by atoms with E-state index in [1.807, 2.05) is 13.0 Å². The molecule has 166 valence electrons. The fraction of sp³-hybridized carbons (Fsp3) is 0.217. The van der Waals surface area contributed by atoms with Crippen molar-refractivity contribution in [2.75, 3.05) is 32.6 Å². The monoisotopic (exact) mass is 436 g/mol. The first-order chi connectivity index (χ1) is 15.4. The molecule has 9 heteroatoms. The smallest absolute Gasteiger partial charge is 0.338 e. The van der Waals surface area contributed by atoms with Gasteiger partial charge >= 0.3 is 5.97 Å². The zero-order valence-electron chi connectivity index (χ0n) is 18.1. The first-order valence-electron chi connectivity index (χ1n) is 9.83. The van der Waals surface area contributed by atoms with E-state index in [0.717, 1.165) is 11.4 Å². The highest BCUT2D eigenvalue weighted by molar-refractivity contribution is 5.95. The fourth-order valence-electron chi connectivity index (χ4n) is 2.90. The molecule has 2 aromatic carbocycles. The third kappa shape index (κ3) is 5.72. The summed E-state index contributed by atoms with van der Waals surface area (Å²) in [5.74, 6) is -0.906. The normalized spacial score (nSPS) is 10.3. The summed E-state index contributed by atoms with van der Waals surface area (Å²) in [6.07, 6.45) is 1.69. The van der Waals surface area contributed by atoms with Gasteiger partial charge in [0, 0.05) is 30.7 Å². The van der Waals surface area contributed by atoms with Gasteiger partial charge in [0.2, 0.25) is 5.91 Å². The maximum absolute atomic E-state index is 12.3. The van der Waals surface area contributed by atoms with E-state index in [4.69, 9.17) is 9.47 Å². The van der Waals surface area contributed by atoms with Gasteiger partial charge in [-0.05, 0) is 49.4 Å². The van der Waals surface area contributed by atoms with Crippen LogP contribution in [0, 0.1) is 6.92 Å². The van der Waals surface area contributed by atoms with Crippen LogP contribution in [-0.2, 0) is 14.3 Å². The topological polar surface area (TPSA) is 103 Å². The summed E-state index contributed by atoms with van der Waals surface area (Å²) in [4.78, 5) is 37.9. The first-order valence-corrected chi connectivity index (χ1v) is 9.83. The second kappa shape index (κ2) is 10.3. The molecular formula is C23H24N4O5. The molecule has 0 bridgehead atoms. The van der Waals surface area contributed by atoms with Gasteiger partial charge in [0.1, 0.15) is 5.75 Å². The Balaban J connectivity index is 1.48. The molecule has 0 aliphatic rings. The highest BCUT2D eigenvalue weighted by Gasteiger charge is 2.16. The van der Waals surface area contributed by atoms with Gasteiger partial charge < -0.3 is 19.7 Å². The molecule has 0 atom stereocenters. The van der Waals surface area contributed by atoms with Gasteiger partial charge in [-0.3, -0.25) is 9.59 Å². The number of anilines is 1. The van der Waals surface area contributed by atoms with Crippen molar-refractivity contribution in [3.63, 3.8) is 0 Å². The van der Waals surface area contributed by atoms with Gasteiger partial charge in [0.05, 0.1) is 24.9 Å². The highest BCUT2D eigenvalue weighted by atomic mass is 16.5. The van der Waals surface area contributed by atoms with Crippen molar-refractivity contribution in [3.8, 4) is 11.4 Å². The number of nitrogens with zero attached hydrogens (tertiary/aromatic N) is 3. The van der Waals surface area contributed by atoms with Crippen LogP contribution in [0.15, 0.2) is 60.8 Å². The largest absolute Gasteiger partial charge is 0.497 e. The lowest BCUT2D eigenvalue weighted by Crippen LogP contribution is -2.37. The Labute approximate surface area is 185 Å². The lowest BCUT2D eigenvalue weighted by Gasteiger charge is -2.17. The van der Waals surface area contributed by atoms with E-state index in [1.165, 1.54) is 19.1 Å². The first kappa shape index (κ1) is 22.5. The van der Waals surface area contributed by atoms with Crippen LogP contribution < -0.4 is 10.1 Å². The van der Waals surface area contributed by atoms with E-state index in [9.17, 15) is 14.4 Å². The second-order valence-corrected chi connectivity index (χ2v) is 7.04. The highest BCUT2D eigenvalue weighted by Crippen LogP contribution is 2.16. The third-order valence-electron chi connectivity index (χ3n) is 4.67. The maximum atomic E-state index is 12.3. The number of amides is 2. The number of carbonyl (C=O) groups is 3. The van der Waals surface area contributed by atoms with E-state index in [0.29, 0.717) is 17.0 Å². The average molecular weight is 436 g/mol. The van der Waals surface area contributed by atoms with E-state index in [1.54, 1.807) is 59.4 Å². The molecule has 0 fully saturated rings. The molecule has 0 radical (unpaired) electrons. The molecule has 3 rings (SSSR count). The summed E-state index contributed by atoms with van der Waals surface area (Å²) in [6.45, 7) is 1.27. The number of benzene rings is 2. The van der Waals surface area contributed by atoms with E-state index in [-0.39, 0.29) is 12.5 Å². The molecule has 0 saturated carbocycles. The number of hydrogen-bond acceptors (Lipinski definition) is 6. The van der Waals surface area contributed by atoms with Crippen LogP contribution in [-0.4, -0.2) is 59.8 Å². The number of ether oxygens (including phenoxy) is 2. The fourth-order valence-corrected chi connectivity index (χ4v) is 2.90. The van der Waals surface area contributed by atoms with E-state index in [2.05, 4.69) is 10.4 Å². The van der Waals surface area contributed by atoms with Crippen molar-refractivity contribution in [1.82, 2.24) is 14.7 Å². The van der Waals surface area contributed by atoms with E-state index < -0.39 is 18.5 Å². The Bertz CT molecular complexity index is 1110. The maximum Gasteiger partial charge on any atom is 0.338 e. The van der Waals surface area contributed by atoms with Gasteiger partial charge in [-0.2, -0.15) is 5.10 Å². The Hall–Kier alpha value is -4.14. The SMILES string of the molecule is COc1cccc(NC(=O)CN(C)C(=O)COC(=O)c2ccc(-n3nccc3C)cc2)c1. The Morgan fingerprint density at radius 1 is 1.09 bits per heavy atom. The Morgan fingerprint density at radius 3 is 2.50 bits per heavy atom. The van der Waals surface area contributed by atoms with Crippen LogP contribution in [0.25, 0.3) is 5.69 Å². The number of methoxy groups -OCH3 is 1. The van der Waals surface area contributed by atoms with Crippen LogP contribution in [0.4, 0.5) is 5.69 Å². The zero-order valence-corrected chi connectivity index (χ0v) is 18.1. The summed E-state index contributed by atoms with van der Waals surface area (Å²) in [7, 11) is 2.99. The summed E-state index contributed by atoms with van der Waals surface area (Å²) in [5, 5.41) is 6.90. The molecule has 0 unspecified atom stereocenters. The predicted molar refractivity (Wildman–Crippen MR) is 118 cm³/mol. The van der Waals surface area contributed by atoms with Crippen LogP contribution in [0.1, 0.15) is 16.1 Å². The number of carbonyl (C=O) groups excluding carboxylic acids is 3. The number of hydrogen-bond donors (Lipinski definition) is 1. The number of rotatable bonds is 8. The van der Waals surface area contributed by atoms with Crippen molar-refractivity contribution in [2.45, 2.75) is 6.92 Å². The van der Waals surface area contributed by atoms with Crippen molar-refractivity contribution in [3.05, 3.63) is 72.1 Å². The molecule has 0 aliphatic heterocycles. The van der Waals surface area contributed by atoms with Crippen molar-refractivity contribution in [2.24, 2.45) is 0 Å². The minimum atomic E-state index is -0.628. The number of aromatic nitrogens is 2. The van der Waals surface area contributed by atoms with E-state index >= 15 is 0 Å². The number of nitrogens with one attached hydrogen (secondary N) is 1. The van der Waals surface area contributed by atoms with Crippen LogP contribution in [0.2, 0.25) is 0 Å². The number of likely N-dealkylation sites (N-methyl/N-ethyl adjacent to an activating group) is 1. The Morgan fingerprint density at radius 2 is 1.84 bits per heavy atom. The molecule has 0 saturated heterocycles. The van der Waals surface area contributed by atoms with Gasteiger partial charge in [0.15, 0.2) is 6.61 Å². The lowest BCUT2D eigenvalue weighted by atomic mass is 10.2. The molecule has 9 nitrogen and oxygen atoms in total. The van der Waals surface area contributed by atoms with Crippen LogP contribution in [0.3, 0.4) is 0 Å². The molecule has 0 spiro atoms. The van der Waals surface area contributed by atoms with Gasteiger partial charge in [-0.25, -0.2) is 9.48 Å². The van der Waals surface area contributed by atoms with Gasteiger partial charge in [-0.15, -0.1) is 0 Å². The summed E-state index contributed by atoms with van der Waals surface area (Å²) < 4.78 is 11.9. The molecule has 1 N–H and O–H groups in total. The number of esters is 1. The molecule has 2 amide bonds.